The number of likely N-dealkylation sites (tertiary alicyclic amines) is 1. The van der Waals surface area contributed by atoms with Crippen LogP contribution in [0.2, 0.25) is 0 Å². The molecule has 1 heterocycles. The molecule has 0 atom stereocenters. The third-order valence-electron chi connectivity index (χ3n) is 3.31. The number of aryl methyl sites for hydroxylation is 1. The molecule has 0 N–H and O–H groups in total. The zero-order valence-corrected chi connectivity index (χ0v) is 10.5. The van der Waals surface area contributed by atoms with Crippen LogP contribution in [-0.2, 0) is 0 Å². The fourth-order valence-corrected chi connectivity index (χ4v) is 2.34. The van der Waals surface area contributed by atoms with Crippen molar-refractivity contribution in [3.63, 3.8) is 0 Å². The number of ether oxygens (including phenoxy) is 1. The molecule has 3 nitrogen and oxygen atoms in total. The minimum atomic E-state index is 0.111. The van der Waals surface area contributed by atoms with E-state index >= 15 is 0 Å². The molecule has 1 aliphatic heterocycles. The molecule has 0 bridgehead atoms. The largest absolute Gasteiger partial charge is 0.496 e. The molecule has 3 heteroatoms. The number of benzene rings is 1. The number of amides is 1. The van der Waals surface area contributed by atoms with Gasteiger partial charge in [0.25, 0.3) is 5.91 Å². The number of carbonyl (C=O) groups is 1. The van der Waals surface area contributed by atoms with Gasteiger partial charge >= 0.3 is 0 Å². The molecule has 0 saturated carbocycles. The van der Waals surface area contributed by atoms with E-state index in [-0.39, 0.29) is 5.91 Å². The van der Waals surface area contributed by atoms with Crippen LogP contribution < -0.4 is 4.74 Å². The summed E-state index contributed by atoms with van der Waals surface area (Å²) in [6.45, 7) is 3.70. The Hall–Kier alpha value is -1.51. The number of carbonyl (C=O) groups excluding carboxylic acids is 1. The minimum absolute atomic E-state index is 0.111. The third-order valence-corrected chi connectivity index (χ3v) is 3.31. The lowest BCUT2D eigenvalue weighted by atomic mass is 10.0. The van der Waals surface area contributed by atoms with Gasteiger partial charge in [0.2, 0.25) is 0 Å². The maximum absolute atomic E-state index is 12.4. The van der Waals surface area contributed by atoms with Gasteiger partial charge < -0.3 is 9.64 Å². The first kappa shape index (κ1) is 12.0. The van der Waals surface area contributed by atoms with E-state index < -0.39 is 0 Å². The van der Waals surface area contributed by atoms with Crippen LogP contribution in [0.15, 0.2) is 18.2 Å². The fraction of sp³-hybridized carbons (Fsp3) is 0.500. The Labute approximate surface area is 102 Å². The Balaban J connectivity index is 2.29. The molecule has 0 aliphatic carbocycles. The molecule has 0 radical (unpaired) electrons. The van der Waals surface area contributed by atoms with Crippen molar-refractivity contribution < 1.29 is 9.53 Å². The summed E-state index contributed by atoms with van der Waals surface area (Å²) < 4.78 is 5.29. The number of nitrogens with zero attached hydrogens (tertiary/aromatic N) is 1. The summed E-state index contributed by atoms with van der Waals surface area (Å²) in [5, 5.41) is 0. The summed E-state index contributed by atoms with van der Waals surface area (Å²) in [5.74, 6) is 0.792. The van der Waals surface area contributed by atoms with Gasteiger partial charge in [0.15, 0.2) is 0 Å². The highest BCUT2D eigenvalue weighted by molar-refractivity contribution is 5.98. The summed E-state index contributed by atoms with van der Waals surface area (Å²) in [6, 6.07) is 5.73. The minimum Gasteiger partial charge on any atom is -0.496 e. The first-order valence-corrected chi connectivity index (χ1v) is 6.17. The molecule has 1 aliphatic rings. The van der Waals surface area contributed by atoms with Crippen LogP contribution in [0.5, 0.6) is 5.75 Å². The average molecular weight is 233 g/mol. The first-order valence-electron chi connectivity index (χ1n) is 6.17. The van der Waals surface area contributed by atoms with Gasteiger partial charge in [-0.2, -0.15) is 0 Å². The van der Waals surface area contributed by atoms with Crippen LogP contribution in [0.1, 0.15) is 35.2 Å². The zero-order valence-electron chi connectivity index (χ0n) is 10.5. The molecule has 0 unspecified atom stereocenters. The van der Waals surface area contributed by atoms with E-state index in [1.165, 1.54) is 6.42 Å². The molecule has 0 spiro atoms. The van der Waals surface area contributed by atoms with Gasteiger partial charge in [0.1, 0.15) is 5.75 Å². The Morgan fingerprint density at radius 3 is 2.59 bits per heavy atom. The van der Waals surface area contributed by atoms with E-state index in [0.717, 1.165) is 37.1 Å². The molecule has 92 valence electrons. The number of rotatable bonds is 2. The van der Waals surface area contributed by atoms with Crippen LogP contribution in [0, 0.1) is 6.92 Å². The SMILES string of the molecule is COc1cccc(C)c1C(=O)N1CCCCC1. The quantitative estimate of drug-likeness (QED) is 0.786. The second kappa shape index (κ2) is 5.21. The van der Waals surface area contributed by atoms with Gasteiger partial charge in [-0.05, 0) is 37.8 Å². The highest BCUT2D eigenvalue weighted by Gasteiger charge is 2.22. The van der Waals surface area contributed by atoms with E-state index in [9.17, 15) is 4.79 Å². The molecule has 1 aromatic carbocycles. The molecule has 1 saturated heterocycles. The lowest BCUT2D eigenvalue weighted by Crippen LogP contribution is -2.36. The summed E-state index contributed by atoms with van der Waals surface area (Å²) in [5.41, 5.74) is 1.71. The monoisotopic (exact) mass is 233 g/mol. The lowest BCUT2D eigenvalue weighted by molar-refractivity contribution is 0.0720. The number of methoxy groups -OCH3 is 1. The Kier molecular flexibility index (Phi) is 3.67. The van der Waals surface area contributed by atoms with Gasteiger partial charge in [-0.15, -0.1) is 0 Å². The molecule has 1 aromatic rings. The van der Waals surface area contributed by atoms with Crippen molar-refractivity contribution in [2.24, 2.45) is 0 Å². The van der Waals surface area contributed by atoms with Gasteiger partial charge in [-0.1, -0.05) is 12.1 Å². The van der Waals surface area contributed by atoms with Gasteiger partial charge in [0, 0.05) is 13.1 Å². The summed E-state index contributed by atoms with van der Waals surface area (Å²) in [7, 11) is 1.61. The van der Waals surface area contributed by atoms with Crippen LogP contribution in [-0.4, -0.2) is 31.0 Å². The fourth-order valence-electron chi connectivity index (χ4n) is 2.34. The third kappa shape index (κ3) is 2.43. The second-order valence-corrected chi connectivity index (χ2v) is 4.51. The zero-order chi connectivity index (χ0) is 12.3. The van der Waals surface area contributed by atoms with Crippen molar-refractivity contribution in [3.8, 4) is 5.75 Å². The normalized spacial score (nSPS) is 15.8. The number of hydrogen-bond acceptors (Lipinski definition) is 2. The van der Waals surface area contributed by atoms with E-state index in [2.05, 4.69) is 0 Å². The van der Waals surface area contributed by atoms with Crippen LogP contribution in [0.4, 0.5) is 0 Å². The molecular weight excluding hydrogens is 214 g/mol. The summed E-state index contributed by atoms with van der Waals surface area (Å²) >= 11 is 0. The lowest BCUT2D eigenvalue weighted by Gasteiger charge is -2.27. The predicted molar refractivity (Wildman–Crippen MR) is 67.5 cm³/mol. The average Bonchev–Trinajstić information content (AvgIpc) is 2.38. The van der Waals surface area contributed by atoms with Gasteiger partial charge in [0.05, 0.1) is 12.7 Å². The highest BCUT2D eigenvalue weighted by atomic mass is 16.5. The van der Waals surface area contributed by atoms with Crippen molar-refractivity contribution >= 4 is 5.91 Å². The smallest absolute Gasteiger partial charge is 0.257 e. The van der Waals surface area contributed by atoms with Crippen LogP contribution >= 0.6 is 0 Å². The van der Waals surface area contributed by atoms with Gasteiger partial charge in [-0.3, -0.25) is 4.79 Å². The molecule has 2 rings (SSSR count). The topological polar surface area (TPSA) is 29.5 Å². The van der Waals surface area contributed by atoms with E-state index in [4.69, 9.17) is 4.74 Å². The second-order valence-electron chi connectivity index (χ2n) is 4.51. The summed E-state index contributed by atoms with van der Waals surface area (Å²) in [4.78, 5) is 14.4. The summed E-state index contributed by atoms with van der Waals surface area (Å²) in [6.07, 6.45) is 3.45. The number of piperidine rings is 1. The Morgan fingerprint density at radius 2 is 1.94 bits per heavy atom. The van der Waals surface area contributed by atoms with Crippen molar-refractivity contribution in [2.75, 3.05) is 20.2 Å². The maximum Gasteiger partial charge on any atom is 0.257 e. The first-order chi connectivity index (χ1) is 8.24. The van der Waals surface area contributed by atoms with E-state index in [0.29, 0.717) is 5.75 Å². The maximum atomic E-state index is 12.4. The molecule has 1 fully saturated rings. The standard InChI is InChI=1S/C14H19NO2/c1-11-7-6-8-12(17-2)13(11)14(16)15-9-4-3-5-10-15/h6-8H,3-5,9-10H2,1-2H3. The highest BCUT2D eigenvalue weighted by Crippen LogP contribution is 2.24. The van der Waals surface area contributed by atoms with Crippen molar-refractivity contribution in [1.29, 1.82) is 0 Å². The van der Waals surface area contributed by atoms with Crippen molar-refractivity contribution in [1.82, 2.24) is 4.90 Å². The van der Waals surface area contributed by atoms with Crippen LogP contribution in [0.25, 0.3) is 0 Å². The van der Waals surface area contributed by atoms with Crippen LogP contribution in [0.3, 0.4) is 0 Å². The number of hydrogen-bond donors (Lipinski definition) is 0. The Bertz CT molecular complexity index is 409. The Morgan fingerprint density at radius 1 is 1.24 bits per heavy atom. The predicted octanol–water partition coefficient (Wildman–Crippen LogP) is 2.63. The van der Waals surface area contributed by atoms with E-state index in [1.807, 2.05) is 30.0 Å². The van der Waals surface area contributed by atoms with Crippen molar-refractivity contribution in [2.45, 2.75) is 26.2 Å². The molecule has 0 aromatic heterocycles. The van der Waals surface area contributed by atoms with E-state index in [1.54, 1.807) is 7.11 Å². The van der Waals surface area contributed by atoms with Crippen molar-refractivity contribution in [3.05, 3.63) is 29.3 Å². The molecule has 1 amide bonds. The molecular formula is C14H19NO2. The van der Waals surface area contributed by atoms with Gasteiger partial charge in [-0.25, -0.2) is 0 Å². The molecule has 17 heavy (non-hydrogen) atoms.